The van der Waals surface area contributed by atoms with E-state index < -0.39 is 0 Å². The molecule has 2 heteroatoms. The minimum absolute atomic E-state index is 0. The van der Waals surface area contributed by atoms with Crippen LogP contribution in [0.15, 0.2) is 54.6 Å². The molecule has 1 aliphatic heterocycles. The summed E-state index contributed by atoms with van der Waals surface area (Å²) in [5.74, 6) is 0.846. The van der Waals surface area contributed by atoms with Gasteiger partial charge in [-0.05, 0) is 17.7 Å². The number of Topliss-reactive ketones (excluding diaryl/α,β-unsaturated/α-hetero) is 1. The molecule has 0 bridgehead atoms. The van der Waals surface area contributed by atoms with Crippen molar-refractivity contribution in [2.24, 2.45) is 0 Å². The molecule has 1 aliphatic rings. The quantitative estimate of drug-likeness (QED) is 0.742. The zero-order chi connectivity index (χ0) is 11.7. The number of hydrogen-bond acceptors (Lipinski definition) is 2. The maximum atomic E-state index is 12.0. The first-order chi connectivity index (χ1) is 8.34. The van der Waals surface area contributed by atoms with Gasteiger partial charge in [0.15, 0.2) is 5.78 Å². The van der Waals surface area contributed by atoms with Crippen LogP contribution in [0.5, 0.6) is 5.75 Å². The van der Waals surface area contributed by atoms with Gasteiger partial charge in [-0.15, -0.1) is 0 Å². The molecule has 0 N–H and O–H groups in total. The van der Waals surface area contributed by atoms with Gasteiger partial charge in [-0.25, -0.2) is 0 Å². The van der Waals surface area contributed by atoms with Gasteiger partial charge in [0.25, 0.3) is 0 Å². The predicted octanol–water partition coefficient (Wildman–Crippen LogP) is 3.51. The Balaban J connectivity index is 0.00000120. The summed E-state index contributed by atoms with van der Waals surface area (Å²) < 4.78 is 5.87. The summed E-state index contributed by atoms with van der Waals surface area (Å²) in [5.41, 5.74) is 1.75. The third-order valence-corrected chi connectivity index (χ3v) is 3.00. The summed E-state index contributed by atoms with van der Waals surface area (Å²) in [6, 6.07) is 17.3. The second-order valence-electron chi connectivity index (χ2n) is 4.14. The average molecular weight is 225 g/mol. The summed E-state index contributed by atoms with van der Waals surface area (Å²) in [4.78, 5) is 12.0. The fraction of sp³-hybridized carbons (Fsp3) is 0.133. The first-order valence-electron chi connectivity index (χ1n) is 5.68. The molecular weight excluding hydrogens is 212 g/mol. The van der Waals surface area contributed by atoms with Gasteiger partial charge in [0, 0.05) is 0 Å². The van der Waals surface area contributed by atoms with Crippen LogP contribution in [-0.2, 0) is 0 Å². The number of carbonyl (C=O) groups excluding carboxylic acids is 1. The zero-order valence-corrected chi connectivity index (χ0v) is 9.30. The van der Waals surface area contributed by atoms with Crippen molar-refractivity contribution in [1.82, 2.24) is 0 Å². The summed E-state index contributed by atoms with van der Waals surface area (Å²) in [6.07, 6.45) is 0.264. The maximum absolute atomic E-state index is 12.0. The lowest BCUT2D eigenvalue weighted by molar-refractivity contribution is 0.0850. The monoisotopic (exact) mass is 225 g/mol. The standard InChI is InChI=1S/C15H12O2/c16-13-10-15(11-6-2-1-3-7-11)17-14-9-5-4-8-12(13)14/h1-9,15H,10H2/p+1. The van der Waals surface area contributed by atoms with E-state index in [4.69, 9.17) is 4.74 Å². The number of hydrogen-bond donors (Lipinski definition) is 0. The highest BCUT2D eigenvalue weighted by atomic mass is 16.5. The van der Waals surface area contributed by atoms with Crippen LogP contribution >= 0.6 is 0 Å². The highest BCUT2D eigenvalue weighted by Crippen LogP contribution is 2.34. The molecule has 0 aromatic heterocycles. The Morgan fingerprint density at radius 2 is 1.71 bits per heavy atom. The van der Waals surface area contributed by atoms with Crippen molar-refractivity contribution in [2.45, 2.75) is 12.5 Å². The molecule has 2 aromatic carbocycles. The van der Waals surface area contributed by atoms with E-state index in [0.29, 0.717) is 17.7 Å². The van der Waals surface area contributed by atoms with Crippen LogP contribution in [0.3, 0.4) is 0 Å². The molecule has 0 aliphatic carbocycles. The highest BCUT2D eigenvalue weighted by Gasteiger charge is 2.26. The lowest BCUT2D eigenvalue weighted by atomic mass is 9.96. The van der Waals surface area contributed by atoms with Crippen molar-refractivity contribution >= 4 is 5.78 Å². The van der Waals surface area contributed by atoms with Crippen molar-refractivity contribution < 1.29 is 11.0 Å². The van der Waals surface area contributed by atoms with Gasteiger partial charge in [0.05, 0.1) is 12.0 Å². The number of ether oxygens (including phenoxy) is 1. The molecule has 84 valence electrons. The Morgan fingerprint density at radius 3 is 2.53 bits per heavy atom. The Labute approximate surface area is 101 Å². The fourth-order valence-electron chi connectivity index (χ4n) is 2.13. The van der Waals surface area contributed by atoms with Crippen molar-refractivity contribution in [3.05, 3.63) is 65.7 Å². The van der Waals surface area contributed by atoms with Gasteiger partial charge < -0.3 is 4.74 Å². The zero-order valence-electron chi connectivity index (χ0n) is 10.3. The van der Waals surface area contributed by atoms with E-state index in [1.165, 1.54) is 0 Å². The summed E-state index contributed by atoms with van der Waals surface area (Å²) in [5, 5.41) is 0. The molecule has 17 heavy (non-hydrogen) atoms. The number of carbonyl (C=O) groups is 1. The molecule has 1 heterocycles. The van der Waals surface area contributed by atoms with Crippen molar-refractivity contribution in [3.8, 4) is 5.75 Å². The van der Waals surface area contributed by atoms with Gasteiger partial charge in [0.1, 0.15) is 11.9 Å². The molecule has 0 saturated carbocycles. The molecule has 0 amide bonds. The number of rotatable bonds is 1. The van der Waals surface area contributed by atoms with Crippen molar-refractivity contribution in [3.63, 3.8) is 0 Å². The molecule has 0 spiro atoms. The van der Waals surface area contributed by atoms with Crippen LogP contribution in [0, 0.1) is 0 Å². The predicted molar refractivity (Wildman–Crippen MR) is 66.3 cm³/mol. The molecule has 0 radical (unpaired) electrons. The van der Waals surface area contributed by atoms with Crippen LogP contribution in [0.25, 0.3) is 0 Å². The van der Waals surface area contributed by atoms with Crippen LogP contribution in [0.4, 0.5) is 0 Å². The number of ketones is 1. The third kappa shape index (κ3) is 1.82. The smallest absolute Gasteiger partial charge is 0.484 e. The van der Waals surface area contributed by atoms with E-state index in [1.807, 2.05) is 54.6 Å². The minimum atomic E-state index is -0.154. The number of benzene rings is 2. The highest BCUT2D eigenvalue weighted by molar-refractivity contribution is 5.99. The molecule has 0 saturated heterocycles. The Hall–Kier alpha value is -2.09. The Morgan fingerprint density at radius 1 is 1.00 bits per heavy atom. The van der Waals surface area contributed by atoms with Crippen LogP contribution in [0.2, 0.25) is 0 Å². The summed E-state index contributed by atoms with van der Waals surface area (Å²) in [6.45, 7) is 0. The first kappa shape index (κ1) is 10.1. The van der Waals surface area contributed by atoms with Crippen molar-refractivity contribution in [2.75, 3.05) is 0 Å². The fourth-order valence-corrected chi connectivity index (χ4v) is 2.13. The summed E-state index contributed by atoms with van der Waals surface area (Å²) >= 11 is 0. The second kappa shape index (κ2) is 4.06. The van der Waals surface area contributed by atoms with Gasteiger partial charge in [-0.1, -0.05) is 42.5 Å². The first-order valence-corrected chi connectivity index (χ1v) is 5.68. The van der Waals surface area contributed by atoms with Crippen molar-refractivity contribution in [1.29, 1.82) is 0 Å². The van der Waals surface area contributed by atoms with E-state index in [2.05, 4.69) is 0 Å². The normalized spacial score (nSPS) is 18.4. The molecule has 0 fully saturated rings. The van der Waals surface area contributed by atoms with E-state index in [9.17, 15) is 4.79 Å². The average Bonchev–Trinajstić information content (AvgIpc) is 2.40. The molecule has 1 atom stereocenters. The van der Waals surface area contributed by atoms with Crippen LogP contribution < -0.4 is 4.74 Å². The second-order valence-corrected chi connectivity index (χ2v) is 4.14. The molecule has 3 rings (SSSR count). The molecular formula is C15H13O2+. The van der Waals surface area contributed by atoms with E-state index >= 15 is 0 Å². The van der Waals surface area contributed by atoms with Gasteiger partial charge in [-0.2, -0.15) is 0 Å². The maximum Gasteiger partial charge on any atom is 1.00 e. The molecule has 2 aromatic rings. The largest absolute Gasteiger partial charge is 1.00 e. The van der Waals surface area contributed by atoms with E-state index in [-0.39, 0.29) is 13.3 Å². The minimum Gasteiger partial charge on any atom is -0.484 e. The Kier molecular flexibility index (Phi) is 2.41. The molecule has 2 nitrogen and oxygen atoms in total. The van der Waals surface area contributed by atoms with E-state index in [1.54, 1.807) is 0 Å². The SMILES string of the molecule is O=C1CC(c2ccccc2)Oc2ccccc21.[H+]. The lowest BCUT2D eigenvalue weighted by Crippen LogP contribution is -2.20. The number of para-hydroxylation sites is 1. The Bertz CT molecular complexity index is 551. The topological polar surface area (TPSA) is 26.3 Å². The number of fused-ring (bicyclic) bond motifs is 1. The van der Waals surface area contributed by atoms with Gasteiger partial charge >= 0.3 is 1.43 Å². The summed E-state index contributed by atoms with van der Waals surface area (Å²) in [7, 11) is 0. The van der Waals surface area contributed by atoms with Crippen LogP contribution in [-0.4, -0.2) is 5.78 Å². The van der Waals surface area contributed by atoms with Crippen LogP contribution in [0.1, 0.15) is 29.9 Å². The van der Waals surface area contributed by atoms with Gasteiger partial charge in [0.2, 0.25) is 0 Å². The third-order valence-electron chi connectivity index (χ3n) is 3.00. The molecule has 1 unspecified atom stereocenters. The lowest BCUT2D eigenvalue weighted by Gasteiger charge is -2.25. The van der Waals surface area contributed by atoms with E-state index in [0.717, 1.165) is 5.56 Å². The van der Waals surface area contributed by atoms with Gasteiger partial charge in [-0.3, -0.25) is 4.79 Å².